The van der Waals surface area contributed by atoms with Crippen molar-refractivity contribution in [3.63, 3.8) is 0 Å². The molecule has 72 valence electrons. The van der Waals surface area contributed by atoms with E-state index in [0.717, 1.165) is 17.0 Å². The lowest BCUT2D eigenvalue weighted by atomic mass is 10.1. The smallest absolute Gasteiger partial charge is 0.192 e. The minimum atomic E-state index is 0.404. The Labute approximate surface area is 82.6 Å². The molecule has 0 fully saturated rings. The Morgan fingerprint density at radius 1 is 1.29 bits per heavy atom. The minimum absolute atomic E-state index is 0.404. The van der Waals surface area contributed by atoms with Crippen molar-refractivity contribution < 1.29 is 4.42 Å². The topological polar surface area (TPSA) is 52.0 Å². The summed E-state index contributed by atoms with van der Waals surface area (Å²) in [6, 6.07) is 9.87. The van der Waals surface area contributed by atoms with Gasteiger partial charge in [-0.1, -0.05) is 30.3 Å². The number of aromatic nitrogens is 1. The second-order valence-electron chi connectivity index (χ2n) is 3.08. The Morgan fingerprint density at radius 3 is 2.64 bits per heavy atom. The highest BCUT2D eigenvalue weighted by Gasteiger charge is 2.10. The maximum absolute atomic E-state index is 5.58. The summed E-state index contributed by atoms with van der Waals surface area (Å²) in [5.41, 5.74) is 7.41. The largest absolute Gasteiger partial charge is 0.441 e. The molecule has 1 aromatic carbocycles. The molecular weight excluding hydrogens is 176 g/mol. The maximum atomic E-state index is 5.58. The van der Waals surface area contributed by atoms with Crippen LogP contribution in [-0.4, -0.2) is 4.98 Å². The van der Waals surface area contributed by atoms with Crippen molar-refractivity contribution in [2.45, 2.75) is 13.5 Å². The molecule has 2 rings (SSSR count). The van der Waals surface area contributed by atoms with Gasteiger partial charge in [-0.3, -0.25) is 0 Å². The van der Waals surface area contributed by atoms with Gasteiger partial charge in [0.05, 0.1) is 0 Å². The fraction of sp³-hybridized carbons (Fsp3) is 0.182. The lowest BCUT2D eigenvalue weighted by molar-refractivity contribution is 0.534. The average Bonchev–Trinajstić information content (AvgIpc) is 2.61. The van der Waals surface area contributed by atoms with Crippen LogP contribution in [0.1, 0.15) is 11.6 Å². The van der Waals surface area contributed by atoms with Crippen molar-refractivity contribution in [1.82, 2.24) is 4.98 Å². The van der Waals surface area contributed by atoms with Gasteiger partial charge in [-0.25, -0.2) is 4.98 Å². The normalized spacial score (nSPS) is 10.4. The van der Waals surface area contributed by atoms with Crippen LogP contribution in [0.25, 0.3) is 11.3 Å². The summed E-state index contributed by atoms with van der Waals surface area (Å²) in [5, 5.41) is 0. The first kappa shape index (κ1) is 8.97. The van der Waals surface area contributed by atoms with Gasteiger partial charge in [0.25, 0.3) is 0 Å². The molecule has 0 radical (unpaired) electrons. The SMILES string of the molecule is Cc1nc(CN)c(-c2ccccc2)o1. The number of oxazole rings is 1. The van der Waals surface area contributed by atoms with Crippen molar-refractivity contribution in [3.05, 3.63) is 41.9 Å². The first-order valence-corrected chi connectivity index (χ1v) is 4.53. The Bertz CT molecular complexity index is 420. The fourth-order valence-corrected chi connectivity index (χ4v) is 1.42. The van der Waals surface area contributed by atoms with E-state index in [1.165, 1.54) is 0 Å². The van der Waals surface area contributed by atoms with E-state index in [0.29, 0.717) is 12.4 Å². The summed E-state index contributed by atoms with van der Waals surface area (Å²) in [6.45, 7) is 2.23. The van der Waals surface area contributed by atoms with E-state index in [1.54, 1.807) is 0 Å². The molecule has 1 heterocycles. The number of nitrogens with two attached hydrogens (primary N) is 1. The molecule has 2 aromatic rings. The van der Waals surface area contributed by atoms with E-state index >= 15 is 0 Å². The highest BCUT2D eigenvalue weighted by atomic mass is 16.4. The van der Waals surface area contributed by atoms with Gasteiger partial charge in [0.1, 0.15) is 5.69 Å². The minimum Gasteiger partial charge on any atom is -0.441 e. The Balaban J connectivity index is 2.51. The summed E-state index contributed by atoms with van der Waals surface area (Å²) in [5.74, 6) is 1.44. The molecule has 3 nitrogen and oxygen atoms in total. The Morgan fingerprint density at radius 2 is 2.00 bits per heavy atom. The lowest BCUT2D eigenvalue weighted by Crippen LogP contribution is -1.98. The van der Waals surface area contributed by atoms with Crippen LogP contribution in [0.4, 0.5) is 0 Å². The van der Waals surface area contributed by atoms with Crippen LogP contribution < -0.4 is 5.73 Å². The number of rotatable bonds is 2. The third kappa shape index (κ3) is 1.54. The molecule has 0 aliphatic carbocycles. The van der Waals surface area contributed by atoms with E-state index < -0.39 is 0 Å². The standard InChI is InChI=1S/C11H12N2O/c1-8-13-10(7-12)11(14-8)9-5-3-2-4-6-9/h2-6H,7,12H2,1H3. The van der Waals surface area contributed by atoms with Gasteiger partial charge in [0, 0.05) is 19.0 Å². The van der Waals surface area contributed by atoms with Crippen LogP contribution >= 0.6 is 0 Å². The second-order valence-corrected chi connectivity index (χ2v) is 3.08. The summed E-state index contributed by atoms with van der Waals surface area (Å²) < 4.78 is 5.50. The van der Waals surface area contributed by atoms with E-state index in [4.69, 9.17) is 10.2 Å². The Hall–Kier alpha value is -1.61. The molecule has 0 atom stereocenters. The molecule has 0 bridgehead atoms. The number of benzene rings is 1. The molecule has 0 aliphatic rings. The fourth-order valence-electron chi connectivity index (χ4n) is 1.42. The maximum Gasteiger partial charge on any atom is 0.192 e. The van der Waals surface area contributed by atoms with Gasteiger partial charge in [-0.05, 0) is 0 Å². The van der Waals surface area contributed by atoms with Crippen molar-refractivity contribution in [3.8, 4) is 11.3 Å². The molecule has 0 aliphatic heterocycles. The molecule has 0 spiro atoms. The van der Waals surface area contributed by atoms with Crippen molar-refractivity contribution in [2.75, 3.05) is 0 Å². The first-order valence-electron chi connectivity index (χ1n) is 4.53. The van der Waals surface area contributed by atoms with Crippen LogP contribution in [0.15, 0.2) is 34.7 Å². The summed E-state index contributed by atoms with van der Waals surface area (Å²) >= 11 is 0. The van der Waals surface area contributed by atoms with Gasteiger partial charge >= 0.3 is 0 Å². The van der Waals surface area contributed by atoms with Crippen LogP contribution in [0, 0.1) is 6.92 Å². The number of hydrogen-bond donors (Lipinski definition) is 1. The summed E-state index contributed by atoms with van der Waals surface area (Å²) in [6.07, 6.45) is 0. The van der Waals surface area contributed by atoms with E-state index in [-0.39, 0.29) is 0 Å². The molecule has 1 aromatic heterocycles. The zero-order valence-corrected chi connectivity index (χ0v) is 8.03. The molecule has 3 heteroatoms. The predicted molar refractivity (Wildman–Crippen MR) is 54.6 cm³/mol. The molecule has 14 heavy (non-hydrogen) atoms. The van der Waals surface area contributed by atoms with Gasteiger partial charge in [0.2, 0.25) is 0 Å². The van der Waals surface area contributed by atoms with E-state index in [9.17, 15) is 0 Å². The van der Waals surface area contributed by atoms with Gasteiger partial charge in [-0.15, -0.1) is 0 Å². The van der Waals surface area contributed by atoms with Crippen molar-refractivity contribution >= 4 is 0 Å². The van der Waals surface area contributed by atoms with Crippen LogP contribution in [0.2, 0.25) is 0 Å². The molecule has 0 amide bonds. The third-order valence-corrected chi connectivity index (χ3v) is 2.03. The molecular formula is C11H12N2O. The highest BCUT2D eigenvalue weighted by molar-refractivity contribution is 5.59. The van der Waals surface area contributed by atoms with Crippen LogP contribution in [-0.2, 0) is 6.54 Å². The number of nitrogens with zero attached hydrogens (tertiary/aromatic N) is 1. The third-order valence-electron chi connectivity index (χ3n) is 2.03. The lowest BCUT2D eigenvalue weighted by Gasteiger charge is -1.97. The summed E-state index contributed by atoms with van der Waals surface area (Å²) in [7, 11) is 0. The Kier molecular flexibility index (Phi) is 2.33. The summed E-state index contributed by atoms with van der Waals surface area (Å²) in [4.78, 5) is 4.21. The van der Waals surface area contributed by atoms with Crippen molar-refractivity contribution in [1.29, 1.82) is 0 Å². The van der Waals surface area contributed by atoms with Crippen LogP contribution in [0.5, 0.6) is 0 Å². The number of aryl methyl sites for hydroxylation is 1. The zero-order chi connectivity index (χ0) is 9.97. The molecule has 0 saturated heterocycles. The average molecular weight is 188 g/mol. The highest BCUT2D eigenvalue weighted by Crippen LogP contribution is 2.23. The van der Waals surface area contributed by atoms with Gasteiger partial charge in [0.15, 0.2) is 11.7 Å². The monoisotopic (exact) mass is 188 g/mol. The number of hydrogen-bond acceptors (Lipinski definition) is 3. The van der Waals surface area contributed by atoms with Crippen LogP contribution in [0.3, 0.4) is 0 Å². The predicted octanol–water partition coefficient (Wildman–Crippen LogP) is 2.11. The quantitative estimate of drug-likeness (QED) is 0.785. The molecule has 0 saturated carbocycles. The molecule has 0 unspecified atom stereocenters. The van der Waals surface area contributed by atoms with E-state index in [2.05, 4.69) is 4.98 Å². The zero-order valence-electron chi connectivity index (χ0n) is 8.03. The van der Waals surface area contributed by atoms with E-state index in [1.807, 2.05) is 37.3 Å². The van der Waals surface area contributed by atoms with Gasteiger partial charge < -0.3 is 10.2 Å². The van der Waals surface area contributed by atoms with Crippen molar-refractivity contribution in [2.24, 2.45) is 5.73 Å². The first-order chi connectivity index (χ1) is 6.81. The van der Waals surface area contributed by atoms with Gasteiger partial charge in [-0.2, -0.15) is 0 Å². The molecule has 2 N–H and O–H groups in total. The second kappa shape index (κ2) is 3.64.